The van der Waals surface area contributed by atoms with E-state index >= 15 is 0 Å². The van der Waals surface area contributed by atoms with Gasteiger partial charge in [-0.3, -0.25) is 0 Å². The predicted octanol–water partition coefficient (Wildman–Crippen LogP) is 13.1. The molecule has 0 atom stereocenters. The maximum Gasteiger partial charge on any atom is 0.0726 e. The van der Waals surface area contributed by atoms with Gasteiger partial charge < -0.3 is 4.90 Å². The average Bonchev–Trinajstić information content (AvgIpc) is 3.66. The van der Waals surface area contributed by atoms with Crippen LogP contribution >= 0.6 is 0 Å². The summed E-state index contributed by atoms with van der Waals surface area (Å²) in [6.07, 6.45) is 0. The van der Waals surface area contributed by atoms with E-state index in [1.165, 1.54) is 72.3 Å². The van der Waals surface area contributed by atoms with Crippen LogP contribution in [-0.4, -0.2) is 0 Å². The summed E-state index contributed by atoms with van der Waals surface area (Å²) in [5.41, 5.74) is 19.8. The van der Waals surface area contributed by atoms with Gasteiger partial charge in [-0.1, -0.05) is 163 Å². The van der Waals surface area contributed by atoms with Gasteiger partial charge in [0.25, 0.3) is 0 Å². The van der Waals surface area contributed by atoms with Gasteiger partial charge in [0.05, 0.1) is 5.41 Å². The minimum Gasteiger partial charge on any atom is -0.310 e. The first-order chi connectivity index (χ1) is 25.2. The lowest BCUT2D eigenvalue weighted by Gasteiger charge is -2.32. The van der Waals surface area contributed by atoms with E-state index in [9.17, 15) is 0 Å². The molecule has 0 saturated carbocycles. The third-order valence-electron chi connectivity index (χ3n) is 11.0. The van der Waals surface area contributed by atoms with Crippen LogP contribution in [0.2, 0.25) is 0 Å². The summed E-state index contributed by atoms with van der Waals surface area (Å²) < 4.78 is 0. The van der Waals surface area contributed by atoms with Crippen molar-refractivity contribution in [1.82, 2.24) is 0 Å². The zero-order valence-corrected chi connectivity index (χ0v) is 28.4. The third kappa shape index (κ3) is 4.48. The van der Waals surface area contributed by atoms with Crippen molar-refractivity contribution >= 4 is 17.1 Å². The Bertz CT molecular complexity index is 2500. The largest absolute Gasteiger partial charge is 0.310 e. The third-order valence-corrected chi connectivity index (χ3v) is 11.0. The molecule has 1 spiro atoms. The Hall–Kier alpha value is -6.44. The number of fused-ring (bicyclic) bond motifs is 10. The van der Waals surface area contributed by atoms with Crippen LogP contribution in [0, 0.1) is 6.92 Å². The Balaban J connectivity index is 1.18. The molecule has 1 heteroatoms. The molecule has 0 aliphatic heterocycles. The highest BCUT2D eigenvalue weighted by Crippen LogP contribution is 2.63. The van der Waals surface area contributed by atoms with Crippen molar-refractivity contribution in [3.63, 3.8) is 0 Å². The molecule has 0 fully saturated rings. The predicted molar refractivity (Wildman–Crippen MR) is 213 cm³/mol. The lowest BCUT2D eigenvalue weighted by atomic mass is 9.70. The summed E-state index contributed by atoms with van der Waals surface area (Å²) in [5.74, 6) is 0. The van der Waals surface area contributed by atoms with Crippen molar-refractivity contribution in [3.05, 3.63) is 222 Å². The maximum atomic E-state index is 2.47. The highest BCUT2D eigenvalue weighted by atomic mass is 15.1. The number of hydrogen-bond donors (Lipinski definition) is 0. The number of anilines is 3. The molecule has 0 unspecified atom stereocenters. The van der Waals surface area contributed by atoms with Crippen molar-refractivity contribution in [1.29, 1.82) is 0 Å². The molecule has 0 bridgehead atoms. The molecule has 10 rings (SSSR count). The Morgan fingerprint density at radius 2 is 0.686 bits per heavy atom. The van der Waals surface area contributed by atoms with Gasteiger partial charge in [-0.2, -0.15) is 0 Å². The summed E-state index contributed by atoms with van der Waals surface area (Å²) in [4.78, 5) is 2.41. The van der Waals surface area contributed by atoms with Crippen LogP contribution < -0.4 is 4.90 Å². The van der Waals surface area contributed by atoms with E-state index < -0.39 is 5.41 Å². The van der Waals surface area contributed by atoms with Crippen LogP contribution in [0.4, 0.5) is 17.1 Å². The van der Waals surface area contributed by atoms with Gasteiger partial charge in [-0.05, 0) is 110 Å². The second-order valence-electron chi connectivity index (χ2n) is 13.8. The number of aryl methyl sites for hydroxylation is 1. The standard InChI is InChI=1S/C50H35N/c1-34-19-21-36(22-20-34)38-25-29-40(30-26-38)51(39-27-23-37(24-28-39)35-11-3-2-4-12-35)41-31-32-45-44-15-7-10-18-48(44)50(49(45)33-41)46-16-8-5-13-42(46)43-14-6-9-17-47(43)50/h2-33H,1H3. The van der Waals surface area contributed by atoms with Crippen LogP contribution in [0.5, 0.6) is 0 Å². The second-order valence-corrected chi connectivity index (χ2v) is 13.8. The number of nitrogens with zero attached hydrogens (tertiary/aromatic N) is 1. The van der Waals surface area contributed by atoms with Crippen molar-refractivity contribution in [3.8, 4) is 44.5 Å². The minimum atomic E-state index is -0.396. The monoisotopic (exact) mass is 649 g/mol. The number of hydrogen-bond acceptors (Lipinski definition) is 1. The molecule has 0 amide bonds. The number of rotatable bonds is 5. The zero-order valence-electron chi connectivity index (χ0n) is 28.4. The van der Waals surface area contributed by atoms with Crippen LogP contribution in [0.15, 0.2) is 194 Å². The van der Waals surface area contributed by atoms with Gasteiger partial charge in [0.1, 0.15) is 0 Å². The van der Waals surface area contributed by atoms with Crippen LogP contribution in [0.1, 0.15) is 27.8 Å². The molecule has 2 aliphatic carbocycles. The summed E-state index contributed by atoms with van der Waals surface area (Å²) >= 11 is 0. The first-order valence-electron chi connectivity index (χ1n) is 17.8. The molecule has 240 valence electrons. The Morgan fingerprint density at radius 3 is 1.18 bits per heavy atom. The highest BCUT2D eigenvalue weighted by molar-refractivity contribution is 5.96. The summed E-state index contributed by atoms with van der Waals surface area (Å²) in [5, 5.41) is 0. The SMILES string of the molecule is Cc1ccc(-c2ccc(N(c3ccc(-c4ccccc4)cc3)c3ccc4c(c3)C3(c5ccccc5-c5ccccc53)c3ccccc3-4)cc2)cc1. The fourth-order valence-electron chi connectivity index (χ4n) is 8.65. The Morgan fingerprint density at radius 1 is 0.314 bits per heavy atom. The first kappa shape index (κ1) is 29.5. The van der Waals surface area contributed by atoms with Gasteiger partial charge in [0.2, 0.25) is 0 Å². The van der Waals surface area contributed by atoms with Gasteiger partial charge in [0.15, 0.2) is 0 Å². The molecule has 0 aromatic heterocycles. The normalized spacial score (nSPS) is 13.0. The van der Waals surface area contributed by atoms with E-state index in [-0.39, 0.29) is 0 Å². The van der Waals surface area contributed by atoms with Crippen molar-refractivity contribution < 1.29 is 0 Å². The maximum absolute atomic E-state index is 2.47. The topological polar surface area (TPSA) is 3.24 Å². The summed E-state index contributed by atoms with van der Waals surface area (Å²) in [6.45, 7) is 2.13. The van der Waals surface area contributed by atoms with Gasteiger partial charge in [-0.25, -0.2) is 0 Å². The summed E-state index contributed by atoms with van der Waals surface area (Å²) in [7, 11) is 0. The quantitative estimate of drug-likeness (QED) is 0.179. The van der Waals surface area contributed by atoms with Crippen LogP contribution in [0.25, 0.3) is 44.5 Å². The van der Waals surface area contributed by atoms with Gasteiger partial charge in [0, 0.05) is 17.1 Å². The molecule has 1 nitrogen and oxygen atoms in total. The lowest BCUT2D eigenvalue weighted by Crippen LogP contribution is -2.26. The Labute approximate surface area is 299 Å². The molecular weight excluding hydrogens is 615 g/mol. The van der Waals surface area contributed by atoms with Crippen molar-refractivity contribution in [2.45, 2.75) is 12.3 Å². The smallest absolute Gasteiger partial charge is 0.0726 e. The highest BCUT2D eigenvalue weighted by Gasteiger charge is 2.51. The molecule has 0 radical (unpaired) electrons. The molecule has 8 aromatic carbocycles. The molecular formula is C50H35N. The summed E-state index contributed by atoms with van der Waals surface area (Å²) in [6, 6.07) is 71.6. The zero-order chi connectivity index (χ0) is 33.9. The van der Waals surface area contributed by atoms with E-state index in [4.69, 9.17) is 0 Å². The first-order valence-corrected chi connectivity index (χ1v) is 17.8. The van der Waals surface area contributed by atoms with E-state index in [2.05, 4.69) is 206 Å². The van der Waals surface area contributed by atoms with E-state index in [1.54, 1.807) is 0 Å². The minimum absolute atomic E-state index is 0.396. The van der Waals surface area contributed by atoms with Gasteiger partial charge >= 0.3 is 0 Å². The molecule has 8 aromatic rings. The number of benzene rings is 8. The van der Waals surface area contributed by atoms with Crippen molar-refractivity contribution in [2.24, 2.45) is 0 Å². The molecule has 0 saturated heterocycles. The molecule has 51 heavy (non-hydrogen) atoms. The molecule has 2 aliphatic rings. The van der Waals surface area contributed by atoms with Crippen LogP contribution in [0.3, 0.4) is 0 Å². The average molecular weight is 650 g/mol. The van der Waals surface area contributed by atoms with E-state index in [0.29, 0.717) is 0 Å². The van der Waals surface area contributed by atoms with Crippen LogP contribution in [-0.2, 0) is 5.41 Å². The second kappa shape index (κ2) is 11.6. The lowest BCUT2D eigenvalue weighted by molar-refractivity contribution is 0.793. The van der Waals surface area contributed by atoms with E-state index in [1.807, 2.05) is 0 Å². The fraction of sp³-hybridized carbons (Fsp3) is 0.0400. The van der Waals surface area contributed by atoms with Gasteiger partial charge in [-0.15, -0.1) is 0 Å². The van der Waals surface area contributed by atoms with Crippen molar-refractivity contribution in [2.75, 3.05) is 4.90 Å². The molecule has 0 heterocycles. The Kier molecular flexibility index (Phi) is 6.69. The van der Waals surface area contributed by atoms with E-state index in [0.717, 1.165) is 17.1 Å². The fourth-order valence-corrected chi connectivity index (χ4v) is 8.65. The molecule has 0 N–H and O–H groups in total.